The summed E-state index contributed by atoms with van der Waals surface area (Å²) in [6.45, 7) is 0. The highest BCUT2D eigenvalue weighted by atomic mass is 16.2. The van der Waals surface area contributed by atoms with Crippen molar-refractivity contribution in [3.63, 3.8) is 0 Å². The number of benzene rings is 1. The molecule has 1 aliphatic carbocycles. The first kappa shape index (κ1) is 8.40. The van der Waals surface area contributed by atoms with Crippen LogP contribution < -0.4 is 5.69 Å². The van der Waals surface area contributed by atoms with Crippen LogP contribution in [0.2, 0.25) is 0 Å². The minimum absolute atomic E-state index is 0.179. The first-order valence-electron chi connectivity index (χ1n) is 4.91. The van der Waals surface area contributed by atoms with Gasteiger partial charge >= 0.3 is 5.69 Å². The molecule has 3 rings (SSSR count). The average Bonchev–Trinajstić information content (AvgIpc) is 2.96. The number of rotatable bonds is 2. The van der Waals surface area contributed by atoms with Gasteiger partial charge in [0, 0.05) is 5.92 Å². The van der Waals surface area contributed by atoms with Crippen molar-refractivity contribution < 1.29 is 0 Å². The number of H-pyrrole nitrogens is 1. The van der Waals surface area contributed by atoms with Crippen molar-refractivity contribution in [1.29, 1.82) is 0 Å². The number of tetrazole rings is 1. The largest absolute Gasteiger partial charge is 0.361 e. The van der Waals surface area contributed by atoms with Crippen molar-refractivity contribution in [3.05, 3.63) is 46.4 Å². The summed E-state index contributed by atoms with van der Waals surface area (Å²) in [5, 5.41) is 9.55. The number of nitrogens with zero attached hydrogens (tertiary/aromatic N) is 3. The lowest BCUT2D eigenvalue weighted by molar-refractivity contribution is 0.580. The molecule has 0 spiro atoms. The van der Waals surface area contributed by atoms with Crippen LogP contribution in [-0.2, 0) is 0 Å². The maximum atomic E-state index is 11.3. The minimum Gasteiger partial charge on any atom is -0.245 e. The predicted molar refractivity (Wildman–Crippen MR) is 53.5 cm³/mol. The second-order valence-corrected chi connectivity index (χ2v) is 3.77. The van der Waals surface area contributed by atoms with Crippen molar-refractivity contribution >= 4 is 0 Å². The Labute approximate surface area is 85.7 Å². The predicted octanol–water partition coefficient (Wildman–Crippen LogP) is 0.695. The standard InChI is InChI=1S/C10H10N4O/c15-10-11-12-13-14(10)9-6-8(9)7-4-2-1-3-5-7/h1-5,8-9H,6H2,(H,11,13,15). The van der Waals surface area contributed by atoms with Crippen molar-refractivity contribution in [1.82, 2.24) is 20.2 Å². The summed E-state index contributed by atoms with van der Waals surface area (Å²) in [6, 6.07) is 10.3. The molecule has 1 fully saturated rings. The van der Waals surface area contributed by atoms with E-state index in [0.29, 0.717) is 5.92 Å². The second-order valence-electron chi connectivity index (χ2n) is 3.77. The molecule has 76 valence electrons. The lowest BCUT2D eigenvalue weighted by Crippen LogP contribution is -2.17. The van der Waals surface area contributed by atoms with Crippen molar-refractivity contribution in [2.45, 2.75) is 18.4 Å². The molecule has 0 amide bonds. The van der Waals surface area contributed by atoms with Gasteiger partial charge in [-0.2, -0.15) is 4.68 Å². The van der Waals surface area contributed by atoms with Crippen LogP contribution in [0.3, 0.4) is 0 Å². The van der Waals surface area contributed by atoms with Crippen LogP contribution in [0, 0.1) is 0 Å². The smallest absolute Gasteiger partial charge is 0.245 e. The molecule has 1 aromatic heterocycles. The zero-order valence-corrected chi connectivity index (χ0v) is 8.00. The number of aromatic nitrogens is 4. The molecule has 15 heavy (non-hydrogen) atoms. The van der Waals surface area contributed by atoms with Gasteiger partial charge in [0.1, 0.15) is 0 Å². The van der Waals surface area contributed by atoms with Crippen LogP contribution in [0.15, 0.2) is 35.1 Å². The molecule has 1 heterocycles. The fourth-order valence-electron chi connectivity index (χ4n) is 1.93. The van der Waals surface area contributed by atoms with E-state index in [9.17, 15) is 4.79 Å². The van der Waals surface area contributed by atoms with Crippen molar-refractivity contribution in [3.8, 4) is 0 Å². The van der Waals surface area contributed by atoms with E-state index in [1.54, 1.807) is 0 Å². The maximum absolute atomic E-state index is 11.3. The van der Waals surface area contributed by atoms with E-state index >= 15 is 0 Å². The van der Waals surface area contributed by atoms with Crippen molar-refractivity contribution in [2.75, 3.05) is 0 Å². The van der Waals surface area contributed by atoms with Gasteiger partial charge in [-0.05, 0) is 22.4 Å². The zero-order valence-electron chi connectivity index (χ0n) is 8.00. The molecular weight excluding hydrogens is 192 g/mol. The summed E-state index contributed by atoms with van der Waals surface area (Å²) >= 11 is 0. The third-order valence-corrected chi connectivity index (χ3v) is 2.79. The van der Waals surface area contributed by atoms with Gasteiger partial charge in [-0.1, -0.05) is 30.3 Å². The Kier molecular flexibility index (Phi) is 1.71. The first-order chi connectivity index (χ1) is 7.36. The topological polar surface area (TPSA) is 63.6 Å². The van der Waals surface area contributed by atoms with Gasteiger partial charge in [-0.15, -0.1) is 0 Å². The van der Waals surface area contributed by atoms with Gasteiger partial charge in [0.25, 0.3) is 0 Å². The Morgan fingerprint density at radius 3 is 2.80 bits per heavy atom. The summed E-state index contributed by atoms with van der Waals surface area (Å²) in [5.41, 5.74) is 1.04. The quantitative estimate of drug-likeness (QED) is 0.779. The van der Waals surface area contributed by atoms with E-state index in [1.807, 2.05) is 18.2 Å². The fourth-order valence-corrected chi connectivity index (χ4v) is 1.93. The van der Waals surface area contributed by atoms with Gasteiger partial charge in [-0.25, -0.2) is 9.89 Å². The molecule has 1 aromatic carbocycles. The SMILES string of the molecule is O=c1[nH]nnn1C1CC1c1ccccc1. The van der Waals surface area contributed by atoms with Gasteiger partial charge in [0.15, 0.2) is 0 Å². The first-order valence-corrected chi connectivity index (χ1v) is 4.91. The fraction of sp³-hybridized carbons (Fsp3) is 0.300. The zero-order chi connectivity index (χ0) is 10.3. The number of hydrogen-bond donors (Lipinski definition) is 1. The third-order valence-electron chi connectivity index (χ3n) is 2.79. The van der Waals surface area contributed by atoms with Crippen LogP contribution in [0.25, 0.3) is 0 Å². The highest BCUT2D eigenvalue weighted by molar-refractivity contribution is 5.26. The van der Waals surface area contributed by atoms with E-state index in [-0.39, 0.29) is 11.7 Å². The summed E-state index contributed by atoms with van der Waals surface area (Å²) in [4.78, 5) is 11.3. The van der Waals surface area contributed by atoms with E-state index in [1.165, 1.54) is 10.2 Å². The van der Waals surface area contributed by atoms with E-state index < -0.39 is 0 Å². The van der Waals surface area contributed by atoms with E-state index in [4.69, 9.17) is 0 Å². The van der Waals surface area contributed by atoms with Crippen LogP contribution in [-0.4, -0.2) is 20.2 Å². The number of hydrogen-bond acceptors (Lipinski definition) is 3. The molecule has 0 radical (unpaired) electrons. The average molecular weight is 202 g/mol. The van der Waals surface area contributed by atoms with E-state index in [2.05, 4.69) is 27.7 Å². The molecule has 1 aliphatic rings. The third kappa shape index (κ3) is 1.36. The summed E-state index contributed by atoms with van der Waals surface area (Å²) in [5.74, 6) is 0.411. The van der Waals surface area contributed by atoms with Crippen LogP contribution in [0.1, 0.15) is 23.9 Å². The summed E-state index contributed by atoms with van der Waals surface area (Å²) in [7, 11) is 0. The number of nitrogens with one attached hydrogen (secondary N) is 1. The molecule has 2 unspecified atom stereocenters. The van der Waals surface area contributed by atoms with Crippen LogP contribution >= 0.6 is 0 Å². The Bertz CT molecular complexity index is 515. The maximum Gasteiger partial charge on any atom is 0.361 e. The number of aromatic amines is 1. The van der Waals surface area contributed by atoms with Gasteiger partial charge < -0.3 is 0 Å². The summed E-state index contributed by atoms with van der Waals surface area (Å²) in [6.07, 6.45) is 0.969. The lowest BCUT2D eigenvalue weighted by Gasteiger charge is -1.98. The molecular formula is C10H10N4O. The molecule has 0 bridgehead atoms. The molecule has 0 saturated heterocycles. The normalized spacial score (nSPS) is 24.0. The van der Waals surface area contributed by atoms with Gasteiger partial charge in [-0.3, -0.25) is 0 Å². The molecule has 2 atom stereocenters. The molecule has 5 nitrogen and oxygen atoms in total. The van der Waals surface area contributed by atoms with Crippen LogP contribution in [0.4, 0.5) is 0 Å². The highest BCUT2D eigenvalue weighted by Crippen LogP contribution is 2.49. The Hall–Kier alpha value is -1.91. The second kappa shape index (κ2) is 3.05. The monoisotopic (exact) mass is 202 g/mol. The van der Waals surface area contributed by atoms with Gasteiger partial charge in [0.2, 0.25) is 0 Å². The Morgan fingerprint density at radius 2 is 2.13 bits per heavy atom. The molecule has 5 heteroatoms. The summed E-state index contributed by atoms with van der Waals surface area (Å²) < 4.78 is 1.43. The van der Waals surface area contributed by atoms with Gasteiger partial charge in [0.05, 0.1) is 6.04 Å². The highest BCUT2D eigenvalue weighted by Gasteiger charge is 2.41. The molecule has 2 aromatic rings. The lowest BCUT2D eigenvalue weighted by atomic mass is 10.1. The van der Waals surface area contributed by atoms with Crippen LogP contribution in [0.5, 0.6) is 0 Å². The molecule has 0 aliphatic heterocycles. The van der Waals surface area contributed by atoms with Crippen molar-refractivity contribution in [2.24, 2.45) is 0 Å². The molecule has 1 saturated carbocycles. The Balaban J connectivity index is 1.86. The minimum atomic E-state index is -0.224. The Morgan fingerprint density at radius 1 is 1.33 bits per heavy atom. The molecule has 1 N–H and O–H groups in total. The van der Waals surface area contributed by atoms with E-state index in [0.717, 1.165) is 6.42 Å².